The minimum absolute atomic E-state index is 0.315. The van der Waals surface area contributed by atoms with E-state index in [1.54, 1.807) is 19.2 Å². The third kappa shape index (κ3) is 3.21. The fraction of sp³-hybridized carbons (Fsp3) is 0.214. The quantitative estimate of drug-likeness (QED) is 0.735. The maximum absolute atomic E-state index is 10.4. The van der Waals surface area contributed by atoms with Crippen molar-refractivity contribution in [2.75, 3.05) is 7.11 Å². The summed E-state index contributed by atoms with van der Waals surface area (Å²) in [5.41, 5.74) is 1.02. The molecular formula is C14H14O4. The van der Waals surface area contributed by atoms with Gasteiger partial charge in [0.05, 0.1) is 13.7 Å². The van der Waals surface area contributed by atoms with Crippen LogP contribution in [0.2, 0.25) is 0 Å². The first-order valence-electron chi connectivity index (χ1n) is 5.56. The molecule has 0 bridgehead atoms. The first kappa shape index (κ1) is 12.4. The van der Waals surface area contributed by atoms with Crippen LogP contribution in [-0.2, 0) is 18.0 Å². The van der Waals surface area contributed by atoms with Crippen LogP contribution >= 0.6 is 0 Å². The summed E-state index contributed by atoms with van der Waals surface area (Å²) in [4.78, 5) is 10.4. The smallest absolute Gasteiger partial charge is 0.185 e. The van der Waals surface area contributed by atoms with Gasteiger partial charge in [-0.3, -0.25) is 4.79 Å². The summed E-state index contributed by atoms with van der Waals surface area (Å²) >= 11 is 0. The number of aldehydes is 1. The number of ether oxygens (including phenoxy) is 2. The standard InChI is InChI=1S/C14H14O4/c1-16-12-4-2-3-11(7-12)9-17-10-14-6-5-13(8-15)18-14/h2-8H,9-10H2,1H3. The average molecular weight is 246 g/mol. The van der Waals surface area contributed by atoms with Crippen molar-refractivity contribution in [1.82, 2.24) is 0 Å². The van der Waals surface area contributed by atoms with E-state index >= 15 is 0 Å². The van der Waals surface area contributed by atoms with Crippen LogP contribution in [0.4, 0.5) is 0 Å². The minimum Gasteiger partial charge on any atom is -0.497 e. The van der Waals surface area contributed by atoms with Crippen LogP contribution < -0.4 is 4.74 Å². The number of rotatable bonds is 6. The van der Waals surface area contributed by atoms with E-state index in [0.717, 1.165) is 11.3 Å². The number of benzene rings is 1. The van der Waals surface area contributed by atoms with Gasteiger partial charge in [0, 0.05) is 0 Å². The third-order valence-electron chi connectivity index (χ3n) is 2.45. The zero-order chi connectivity index (χ0) is 12.8. The lowest BCUT2D eigenvalue weighted by atomic mass is 10.2. The molecule has 0 unspecified atom stereocenters. The zero-order valence-corrected chi connectivity index (χ0v) is 10.1. The van der Waals surface area contributed by atoms with Crippen LogP contribution in [0.3, 0.4) is 0 Å². The predicted octanol–water partition coefficient (Wildman–Crippen LogP) is 2.82. The molecule has 0 N–H and O–H groups in total. The summed E-state index contributed by atoms with van der Waals surface area (Å²) in [5, 5.41) is 0. The Balaban J connectivity index is 1.85. The van der Waals surface area contributed by atoms with Crippen molar-refractivity contribution in [2.24, 2.45) is 0 Å². The van der Waals surface area contributed by atoms with Crippen molar-refractivity contribution in [3.63, 3.8) is 0 Å². The monoisotopic (exact) mass is 246 g/mol. The second-order valence-corrected chi connectivity index (χ2v) is 3.77. The highest BCUT2D eigenvalue weighted by Crippen LogP contribution is 2.14. The Kier molecular flexibility index (Phi) is 4.15. The second kappa shape index (κ2) is 6.02. The molecular weight excluding hydrogens is 232 g/mol. The van der Waals surface area contributed by atoms with Crippen molar-refractivity contribution in [3.8, 4) is 5.75 Å². The Morgan fingerprint density at radius 2 is 2.11 bits per heavy atom. The third-order valence-corrected chi connectivity index (χ3v) is 2.45. The second-order valence-electron chi connectivity index (χ2n) is 3.77. The van der Waals surface area contributed by atoms with Crippen molar-refractivity contribution >= 4 is 6.29 Å². The van der Waals surface area contributed by atoms with E-state index in [1.165, 1.54) is 0 Å². The van der Waals surface area contributed by atoms with Crippen LogP contribution in [0.25, 0.3) is 0 Å². The van der Waals surface area contributed by atoms with Gasteiger partial charge in [0.1, 0.15) is 18.1 Å². The van der Waals surface area contributed by atoms with Gasteiger partial charge >= 0.3 is 0 Å². The van der Waals surface area contributed by atoms with Gasteiger partial charge in [-0.15, -0.1) is 0 Å². The van der Waals surface area contributed by atoms with E-state index in [1.807, 2.05) is 24.3 Å². The molecule has 0 aliphatic heterocycles. The summed E-state index contributed by atoms with van der Waals surface area (Å²) in [6, 6.07) is 11.0. The minimum atomic E-state index is 0.315. The van der Waals surface area contributed by atoms with Crippen LogP contribution in [0.15, 0.2) is 40.8 Å². The molecule has 18 heavy (non-hydrogen) atoms. The molecule has 0 saturated carbocycles. The first-order chi connectivity index (χ1) is 8.81. The molecule has 4 heteroatoms. The Labute approximate surface area is 105 Å². The highest BCUT2D eigenvalue weighted by atomic mass is 16.5. The zero-order valence-electron chi connectivity index (χ0n) is 10.1. The molecule has 0 fully saturated rings. The maximum Gasteiger partial charge on any atom is 0.185 e. The molecule has 0 saturated heterocycles. The van der Waals surface area contributed by atoms with Gasteiger partial charge in [0.2, 0.25) is 0 Å². The van der Waals surface area contributed by atoms with Gasteiger partial charge in [-0.05, 0) is 29.8 Å². The van der Waals surface area contributed by atoms with Gasteiger partial charge in [-0.1, -0.05) is 12.1 Å². The van der Waals surface area contributed by atoms with E-state index in [-0.39, 0.29) is 0 Å². The Morgan fingerprint density at radius 3 is 2.83 bits per heavy atom. The summed E-state index contributed by atoms with van der Waals surface area (Å²) in [6.45, 7) is 0.805. The van der Waals surface area contributed by atoms with Crippen LogP contribution in [0.5, 0.6) is 5.75 Å². The molecule has 0 amide bonds. The summed E-state index contributed by atoms with van der Waals surface area (Å²) in [6.07, 6.45) is 0.672. The summed E-state index contributed by atoms with van der Waals surface area (Å²) in [5.74, 6) is 1.76. The number of hydrogen-bond acceptors (Lipinski definition) is 4. The molecule has 94 valence electrons. The molecule has 1 aromatic carbocycles. The van der Waals surface area contributed by atoms with Crippen LogP contribution in [0.1, 0.15) is 21.9 Å². The summed E-state index contributed by atoms with van der Waals surface area (Å²) in [7, 11) is 1.63. The molecule has 2 rings (SSSR count). The van der Waals surface area contributed by atoms with Gasteiger partial charge in [-0.25, -0.2) is 0 Å². The first-order valence-corrected chi connectivity index (χ1v) is 5.56. The van der Waals surface area contributed by atoms with E-state index < -0.39 is 0 Å². The maximum atomic E-state index is 10.4. The lowest BCUT2D eigenvalue weighted by Crippen LogP contribution is -1.93. The molecule has 0 atom stereocenters. The number of carbonyl (C=O) groups is 1. The fourth-order valence-electron chi connectivity index (χ4n) is 1.57. The lowest BCUT2D eigenvalue weighted by molar-refractivity contribution is 0.0906. The predicted molar refractivity (Wildman–Crippen MR) is 65.6 cm³/mol. The van der Waals surface area contributed by atoms with Gasteiger partial charge in [-0.2, -0.15) is 0 Å². The van der Waals surface area contributed by atoms with Gasteiger partial charge < -0.3 is 13.9 Å². The van der Waals surface area contributed by atoms with Gasteiger partial charge in [0.15, 0.2) is 12.0 Å². The van der Waals surface area contributed by atoms with Gasteiger partial charge in [0.25, 0.3) is 0 Å². The molecule has 0 spiro atoms. The number of methoxy groups -OCH3 is 1. The average Bonchev–Trinajstić information content (AvgIpc) is 2.87. The molecule has 0 radical (unpaired) electrons. The van der Waals surface area contributed by atoms with Crippen LogP contribution in [0, 0.1) is 0 Å². The molecule has 4 nitrogen and oxygen atoms in total. The van der Waals surface area contributed by atoms with Crippen molar-refractivity contribution in [2.45, 2.75) is 13.2 Å². The number of furan rings is 1. The van der Waals surface area contributed by atoms with Crippen molar-refractivity contribution in [3.05, 3.63) is 53.5 Å². The van der Waals surface area contributed by atoms with E-state index in [9.17, 15) is 4.79 Å². The van der Waals surface area contributed by atoms with Crippen molar-refractivity contribution in [1.29, 1.82) is 0 Å². The highest BCUT2D eigenvalue weighted by Gasteiger charge is 2.02. The highest BCUT2D eigenvalue weighted by molar-refractivity contribution is 5.70. The SMILES string of the molecule is COc1cccc(COCc2ccc(C=O)o2)c1. The molecule has 0 aliphatic carbocycles. The lowest BCUT2D eigenvalue weighted by Gasteiger charge is -2.04. The van der Waals surface area contributed by atoms with Crippen molar-refractivity contribution < 1.29 is 18.7 Å². The molecule has 1 heterocycles. The Morgan fingerprint density at radius 1 is 1.22 bits per heavy atom. The van der Waals surface area contributed by atoms with E-state index in [4.69, 9.17) is 13.9 Å². The summed E-state index contributed by atoms with van der Waals surface area (Å²) < 4.78 is 15.8. The Hall–Kier alpha value is -2.07. The normalized spacial score (nSPS) is 10.3. The Bertz CT molecular complexity index is 516. The van der Waals surface area contributed by atoms with E-state index in [2.05, 4.69) is 0 Å². The number of hydrogen-bond donors (Lipinski definition) is 0. The molecule has 2 aromatic rings. The topological polar surface area (TPSA) is 48.7 Å². The number of carbonyl (C=O) groups excluding carboxylic acids is 1. The molecule has 1 aromatic heterocycles. The largest absolute Gasteiger partial charge is 0.497 e. The van der Waals surface area contributed by atoms with E-state index in [0.29, 0.717) is 31.0 Å². The van der Waals surface area contributed by atoms with Crippen LogP contribution in [-0.4, -0.2) is 13.4 Å². The molecule has 0 aliphatic rings. The fourth-order valence-corrected chi connectivity index (χ4v) is 1.57.